The van der Waals surface area contributed by atoms with Gasteiger partial charge in [-0.05, 0) is 46.0 Å². The van der Waals surface area contributed by atoms with Gasteiger partial charge in [0.15, 0.2) is 0 Å². The number of aliphatic hydroxyl groups excluding tert-OH is 1. The Morgan fingerprint density at radius 3 is 2.43 bits per heavy atom. The van der Waals surface area contributed by atoms with Crippen LogP contribution in [0.1, 0.15) is 27.2 Å². The summed E-state index contributed by atoms with van der Waals surface area (Å²) >= 11 is 3.28. The molecule has 0 fully saturated rings. The lowest BCUT2D eigenvalue weighted by Gasteiger charge is -2.30. The van der Waals surface area contributed by atoms with Crippen LogP contribution in [0.25, 0.3) is 0 Å². The smallest absolute Gasteiger partial charge is 0.240 e. The highest BCUT2D eigenvalue weighted by molar-refractivity contribution is 9.10. The van der Waals surface area contributed by atoms with Crippen molar-refractivity contribution < 1.29 is 18.3 Å². The van der Waals surface area contributed by atoms with Gasteiger partial charge in [0.1, 0.15) is 5.75 Å². The molecule has 0 heterocycles. The van der Waals surface area contributed by atoms with E-state index in [2.05, 4.69) is 20.7 Å². The monoisotopic (exact) mass is 379 g/mol. The summed E-state index contributed by atoms with van der Waals surface area (Å²) in [6, 6.07) is 4.23. The molecule has 2 N–H and O–H groups in total. The summed E-state index contributed by atoms with van der Waals surface area (Å²) in [6.07, 6.45) is 0.361. The van der Waals surface area contributed by atoms with Crippen molar-refractivity contribution in [3.8, 4) is 5.75 Å². The Hall–Kier alpha value is -0.630. The van der Waals surface area contributed by atoms with Gasteiger partial charge in [0, 0.05) is 12.6 Å². The molecular weight excluding hydrogens is 358 g/mol. The first-order valence-electron chi connectivity index (χ1n) is 6.58. The average Bonchev–Trinajstić information content (AvgIpc) is 2.36. The van der Waals surface area contributed by atoms with Crippen LogP contribution < -0.4 is 9.46 Å². The maximum absolute atomic E-state index is 12.5. The molecule has 7 heteroatoms. The van der Waals surface area contributed by atoms with Crippen LogP contribution in [0.2, 0.25) is 0 Å². The van der Waals surface area contributed by atoms with Gasteiger partial charge in [0.2, 0.25) is 10.0 Å². The largest absolute Gasteiger partial charge is 0.496 e. The minimum absolute atomic E-state index is 0.0727. The molecule has 5 nitrogen and oxygen atoms in total. The zero-order valence-corrected chi connectivity index (χ0v) is 15.1. The Balaban J connectivity index is 3.07. The summed E-state index contributed by atoms with van der Waals surface area (Å²) in [5.41, 5.74) is -0.292. The van der Waals surface area contributed by atoms with Crippen molar-refractivity contribution in [3.63, 3.8) is 0 Å². The van der Waals surface area contributed by atoms with E-state index in [1.54, 1.807) is 6.07 Å². The van der Waals surface area contributed by atoms with E-state index in [9.17, 15) is 8.42 Å². The molecule has 0 bridgehead atoms. The maximum Gasteiger partial charge on any atom is 0.240 e. The summed E-state index contributed by atoms with van der Waals surface area (Å²) in [6.45, 7) is 5.72. The zero-order chi connectivity index (χ0) is 16.3. The third kappa shape index (κ3) is 4.95. The first-order chi connectivity index (χ1) is 9.61. The van der Waals surface area contributed by atoms with E-state index in [0.717, 1.165) is 0 Å². The molecule has 0 amide bonds. The molecule has 0 aliphatic heterocycles. The number of ether oxygens (including phenoxy) is 1. The van der Waals surface area contributed by atoms with Crippen LogP contribution in [0.5, 0.6) is 5.75 Å². The fraction of sp³-hybridized carbons (Fsp3) is 0.571. The van der Waals surface area contributed by atoms with Gasteiger partial charge in [-0.1, -0.05) is 20.8 Å². The van der Waals surface area contributed by atoms with Gasteiger partial charge in [-0.25, -0.2) is 13.1 Å². The number of benzene rings is 1. The molecule has 0 saturated heterocycles. The maximum atomic E-state index is 12.5. The molecular formula is C14H22BrNO4S. The van der Waals surface area contributed by atoms with Crippen molar-refractivity contribution in [2.24, 2.45) is 5.41 Å². The third-order valence-corrected chi connectivity index (χ3v) is 5.28. The molecule has 0 radical (unpaired) electrons. The summed E-state index contributed by atoms with van der Waals surface area (Å²) < 4.78 is 33.3. The summed E-state index contributed by atoms with van der Waals surface area (Å²) in [5.74, 6) is 0.566. The van der Waals surface area contributed by atoms with Crippen molar-refractivity contribution in [2.75, 3.05) is 13.7 Å². The molecule has 0 spiro atoms. The molecule has 1 aromatic carbocycles. The summed E-state index contributed by atoms with van der Waals surface area (Å²) in [7, 11) is -2.14. The fourth-order valence-electron chi connectivity index (χ4n) is 1.87. The molecule has 1 unspecified atom stereocenters. The van der Waals surface area contributed by atoms with E-state index in [1.807, 2.05) is 20.8 Å². The number of sulfonamides is 1. The lowest BCUT2D eigenvalue weighted by atomic mass is 9.86. The van der Waals surface area contributed by atoms with Gasteiger partial charge in [0.25, 0.3) is 0 Å². The minimum Gasteiger partial charge on any atom is -0.496 e. The van der Waals surface area contributed by atoms with Gasteiger partial charge in [-0.3, -0.25) is 0 Å². The average molecular weight is 380 g/mol. The van der Waals surface area contributed by atoms with Crippen molar-refractivity contribution in [3.05, 3.63) is 22.7 Å². The van der Waals surface area contributed by atoms with E-state index in [0.29, 0.717) is 16.6 Å². The second-order valence-corrected chi connectivity index (χ2v) is 8.42. The summed E-state index contributed by atoms with van der Waals surface area (Å²) in [4.78, 5) is 0.155. The van der Waals surface area contributed by atoms with E-state index >= 15 is 0 Å². The van der Waals surface area contributed by atoms with Crippen molar-refractivity contribution in [1.29, 1.82) is 0 Å². The number of halogens is 1. The molecule has 120 valence electrons. The fourth-order valence-corrected chi connectivity index (χ4v) is 4.06. The number of aliphatic hydroxyl groups is 1. The third-order valence-electron chi connectivity index (χ3n) is 3.19. The highest BCUT2D eigenvalue weighted by Crippen LogP contribution is 2.29. The van der Waals surface area contributed by atoms with Gasteiger partial charge in [-0.2, -0.15) is 0 Å². The van der Waals surface area contributed by atoms with Crippen molar-refractivity contribution in [1.82, 2.24) is 4.72 Å². The van der Waals surface area contributed by atoms with Gasteiger partial charge in [0.05, 0.1) is 16.5 Å². The van der Waals surface area contributed by atoms with Crippen LogP contribution in [0.4, 0.5) is 0 Å². The first kappa shape index (κ1) is 18.4. The van der Waals surface area contributed by atoms with E-state index in [4.69, 9.17) is 9.84 Å². The first-order valence-corrected chi connectivity index (χ1v) is 8.86. The van der Waals surface area contributed by atoms with Crippen LogP contribution in [-0.4, -0.2) is 33.3 Å². The number of hydrogen-bond donors (Lipinski definition) is 2. The number of methoxy groups -OCH3 is 1. The lowest BCUT2D eigenvalue weighted by molar-refractivity contribution is 0.214. The van der Waals surface area contributed by atoms with Crippen LogP contribution in [-0.2, 0) is 10.0 Å². The molecule has 0 aliphatic carbocycles. The van der Waals surface area contributed by atoms with Gasteiger partial charge in [-0.15, -0.1) is 0 Å². The van der Waals surface area contributed by atoms with E-state index in [-0.39, 0.29) is 23.0 Å². The molecule has 0 saturated carbocycles. The second-order valence-electron chi connectivity index (χ2n) is 5.85. The predicted octanol–water partition coefficient (Wildman–Crippen LogP) is 2.53. The second kappa shape index (κ2) is 7.09. The minimum atomic E-state index is -3.66. The normalized spacial score (nSPS) is 14.0. The highest BCUT2D eigenvalue weighted by Gasteiger charge is 2.29. The lowest BCUT2D eigenvalue weighted by Crippen LogP contribution is -2.44. The van der Waals surface area contributed by atoms with Crippen LogP contribution in [0, 0.1) is 5.41 Å². The van der Waals surface area contributed by atoms with Crippen molar-refractivity contribution in [2.45, 2.75) is 38.1 Å². The number of rotatable bonds is 6. The summed E-state index contributed by atoms with van der Waals surface area (Å²) in [5, 5.41) is 9.12. The van der Waals surface area contributed by atoms with Crippen molar-refractivity contribution >= 4 is 26.0 Å². The molecule has 1 atom stereocenters. The molecule has 1 rings (SSSR count). The molecule has 0 aromatic heterocycles. The topological polar surface area (TPSA) is 75.6 Å². The Bertz CT molecular complexity index is 581. The quantitative estimate of drug-likeness (QED) is 0.795. The SMILES string of the molecule is COc1ccc(S(=O)(=O)NC(CCO)C(C)(C)C)cc1Br. The predicted molar refractivity (Wildman–Crippen MR) is 86.0 cm³/mol. The van der Waals surface area contributed by atoms with Crippen LogP contribution in [0.3, 0.4) is 0 Å². The van der Waals surface area contributed by atoms with Crippen LogP contribution >= 0.6 is 15.9 Å². The molecule has 21 heavy (non-hydrogen) atoms. The van der Waals surface area contributed by atoms with Gasteiger partial charge < -0.3 is 9.84 Å². The number of nitrogens with one attached hydrogen (secondary N) is 1. The number of hydrogen-bond acceptors (Lipinski definition) is 4. The van der Waals surface area contributed by atoms with Crippen LogP contribution in [0.15, 0.2) is 27.6 Å². The highest BCUT2D eigenvalue weighted by atomic mass is 79.9. The standard InChI is InChI=1S/C14H22BrNO4S/c1-14(2,3)13(7-8-17)16-21(18,19)10-5-6-12(20-4)11(15)9-10/h5-6,9,13,16-17H,7-8H2,1-4H3. The van der Waals surface area contributed by atoms with Gasteiger partial charge >= 0.3 is 0 Å². The Morgan fingerprint density at radius 1 is 1.38 bits per heavy atom. The Morgan fingerprint density at radius 2 is 2.00 bits per heavy atom. The van der Waals surface area contributed by atoms with E-state index < -0.39 is 10.0 Å². The zero-order valence-electron chi connectivity index (χ0n) is 12.7. The Labute approximate surface area is 134 Å². The molecule has 0 aliphatic rings. The van der Waals surface area contributed by atoms with E-state index in [1.165, 1.54) is 19.2 Å². The molecule has 1 aromatic rings. The Kier molecular flexibility index (Phi) is 6.22.